The maximum absolute atomic E-state index is 9.78. The molecule has 0 aromatic rings. The van der Waals surface area contributed by atoms with E-state index in [1.54, 1.807) is 0 Å². The molecule has 0 radical (unpaired) electrons. The third kappa shape index (κ3) is 5.72. The molecule has 1 heterocycles. The summed E-state index contributed by atoms with van der Waals surface area (Å²) in [7, 11) is 0. The lowest BCUT2D eigenvalue weighted by molar-refractivity contribution is -0.0207. The molecule has 1 rings (SSSR count). The Balaban J connectivity index is 2.13. The zero-order valence-corrected chi connectivity index (χ0v) is 11.7. The van der Waals surface area contributed by atoms with Crippen LogP contribution in [-0.2, 0) is 9.47 Å². The number of hydrogen-bond donors (Lipinski definition) is 4. The number of rotatable bonds is 10. The predicted octanol–water partition coefficient (Wildman–Crippen LogP) is -0.734. The molecule has 19 heavy (non-hydrogen) atoms. The van der Waals surface area contributed by atoms with Crippen molar-refractivity contribution in [2.75, 3.05) is 39.6 Å². The third-order valence-electron chi connectivity index (χ3n) is 3.63. The Bertz CT molecular complexity index is 221. The van der Waals surface area contributed by atoms with E-state index in [1.165, 1.54) is 0 Å². The van der Waals surface area contributed by atoms with Crippen LogP contribution in [-0.4, -0.2) is 72.6 Å². The molecule has 0 aromatic heterocycles. The quantitative estimate of drug-likeness (QED) is 0.421. The Kier molecular flexibility index (Phi) is 7.82. The van der Waals surface area contributed by atoms with Crippen LogP contribution in [0.25, 0.3) is 0 Å². The molecule has 6 heteroatoms. The van der Waals surface area contributed by atoms with Crippen LogP contribution >= 0.6 is 0 Å². The first kappa shape index (κ1) is 16.8. The van der Waals surface area contributed by atoms with Crippen LogP contribution in [0.3, 0.4) is 0 Å². The first-order chi connectivity index (χ1) is 9.15. The molecule has 114 valence electrons. The van der Waals surface area contributed by atoms with Crippen molar-refractivity contribution >= 4 is 0 Å². The van der Waals surface area contributed by atoms with Crippen molar-refractivity contribution in [2.24, 2.45) is 0 Å². The van der Waals surface area contributed by atoms with Gasteiger partial charge < -0.3 is 30.1 Å². The molecule has 2 atom stereocenters. The van der Waals surface area contributed by atoms with Crippen molar-refractivity contribution in [2.45, 2.75) is 43.9 Å². The summed E-state index contributed by atoms with van der Waals surface area (Å²) in [6.45, 7) is 3.36. The highest BCUT2D eigenvalue weighted by Gasteiger charge is 2.26. The van der Waals surface area contributed by atoms with E-state index < -0.39 is 11.6 Å². The largest absolute Gasteiger partial charge is 0.394 e. The van der Waals surface area contributed by atoms with Gasteiger partial charge in [-0.1, -0.05) is 6.92 Å². The highest BCUT2D eigenvalue weighted by molar-refractivity contribution is 4.86. The van der Waals surface area contributed by atoms with Crippen molar-refractivity contribution in [3.8, 4) is 0 Å². The highest BCUT2D eigenvalue weighted by atomic mass is 16.5. The van der Waals surface area contributed by atoms with Crippen LogP contribution in [0.2, 0.25) is 0 Å². The maximum atomic E-state index is 9.78. The Hall–Kier alpha value is -0.240. The summed E-state index contributed by atoms with van der Waals surface area (Å²) in [6, 6.07) is 0. The van der Waals surface area contributed by atoms with Gasteiger partial charge in [-0.3, -0.25) is 0 Å². The Morgan fingerprint density at radius 2 is 2.16 bits per heavy atom. The number of β-amino-alcohol motifs (C(OH)–C–C–N with tert-alkyl or cyclic N) is 1. The van der Waals surface area contributed by atoms with Gasteiger partial charge in [-0.15, -0.1) is 0 Å². The summed E-state index contributed by atoms with van der Waals surface area (Å²) in [5, 5.41) is 31.3. The first-order valence-corrected chi connectivity index (χ1v) is 7.00. The lowest BCUT2D eigenvalue weighted by Gasteiger charge is -2.31. The first-order valence-electron chi connectivity index (χ1n) is 7.00. The zero-order chi connectivity index (χ0) is 14.1. The molecule has 1 aliphatic rings. The second kappa shape index (κ2) is 8.84. The molecule has 0 aromatic carbocycles. The Morgan fingerprint density at radius 3 is 2.68 bits per heavy atom. The van der Waals surface area contributed by atoms with E-state index >= 15 is 0 Å². The van der Waals surface area contributed by atoms with Crippen LogP contribution in [0.1, 0.15) is 26.2 Å². The molecule has 0 aliphatic carbocycles. The predicted molar refractivity (Wildman–Crippen MR) is 71.0 cm³/mol. The molecule has 1 aliphatic heterocycles. The topological polar surface area (TPSA) is 91.2 Å². The molecule has 1 fully saturated rings. The molecular formula is C13H27NO5. The minimum absolute atomic E-state index is 0.157. The van der Waals surface area contributed by atoms with Gasteiger partial charge in [0.05, 0.1) is 44.2 Å². The summed E-state index contributed by atoms with van der Waals surface area (Å²) in [6.07, 6.45) is 2.17. The standard InChI is InChI=1S/C13H27NO5/c1-2-13(9-15,10-16)14-6-11(17)7-18-8-12-4-3-5-19-12/h11-12,14-17H,2-10H2,1H3. The summed E-state index contributed by atoms with van der Waals surface area (Å²) >= 11 is 0. The van der Waals surface area contributed by atoms with Gasteiger partial charge in [-0.25, -0.2) is 0 Å². The average molecular weight is 277 g/mol. The highest BCUT2D eigenvalue weighted by Crippen LogP contribution is 2.12. The fourth-order valence-corrected chi connectivity index (χ4v) is 2.01. The number of aliphatic hydroxyl groups excluding tert-OH is 3. The molecule has 6 nitrogen and oxygen atoms in total. The van der Waals surface area contributed by atoms with Crippen LogP contribution < -0.4 is 5.32 Å². The molecule has 0 bridgehead atoms. The summed E-state index contributed by atoms with van der Waals surface area (Å²) in [5.41, 5.74) is -0.727. The van der Waals surface area contributed by atoms with E-state index in [1.807, 2.05) is 6.92 Å². The molecule has 4 N–H and O–H groups in total. The van der Waals surface area contributed by atoms with Gasteiger partial charge >= 0.3 is 0 Å². The summed E-state index contributed by atoms with van der Waals surface area (Å²) in [5.74, 6) is 0. The van der Waals surface area contributed by atoms with E-state index in [0.717, 1.165) is 19.4 Å². The fourth-order valence-electron chi connectivity index (χ4n) is 2.01. The number of aliphatic hydroxyl groups is 3. The van der Waals surface area contributed by atoms with Gasteiger partial charge in [0.1, 0.15) is 0 Å². The van der Waals surface area contributed by atoms with Gasteiger partial charge in [0.2, 0.25) is 0 Å². The second-order valence-electron chi connectivity index (χ2n) is 5.16. The minimum Gasteiger partial charge on any atom is -0.394 e. The van der Waals surface area contributed by atoms with Crippen molar-refractivity contribution in [1.82, 2.24) is 5.32 Å². The fraction of sp³-hybridized carbons (Fsp3) is 1.00. The van der Waals surface area contributed by atoms with Gasteiger partial charge in [-0.2, -0.15) is 0 Å². The van der Waals surface area contributed by atoms with Crippen molar-refractivity contribution in [1.29, 1.82) is 0 Å². The van der Waals surface area contributed by atoms with Gasteiger partial charge in [-0.05, 0) is 19.3 Å². The Morgan fingerprint density at radius 1 is 1.42 bits per heavy atom. The zero-order valence-electron chi connectivity index (χ0n) is 11.7. The van der Waals surface area contributed by atoms with Gasteiger partial charge in [0.25, 0.3) is 0 Å². The van der Waals surface area contributed by atoms with E-state index in [-0.39, 0.29) is 32.5 Å². The van der Waals surface area contributed by atoms with Crippen molar-refractivity contribution in [3.63, 3.8) is 0 Å². The normalized spacial score (nSPS) is 21.8. The lowest BCUT2D eigenvalue weighted by Crippen LogP contribution is -2.53. The minimum atomic E-state index is -0.727. The second-order valence-corrected chi connectivity index (χ2v) is 5.16. The smallest absolute Gasteiger partial charge is 0.0897 e. The SMILES string of the molecule is CCC(CO)(CO)NCC(O)COCC1CCCO1. The molecule has 0 spiro atoms. The average Bonchev–Trinajstić information content (AvgIpc) is 2.94. The molecular weight excluding hydrogens is 250 g/mol. The van der Waals surface area contributed by atoms with E-state index in [4.69, 9.17) is 9.47 Å². The van der Waals surface area contributed by atoms with E-state index in [0.29, 0.717) is 13.0 Å². The third-order valence-corrected chi connectivity index (χ3v) is 3.63. The van der Waals surface area contributed by atoms with Gasteiger partial charge in [0.15, 0.2) is 0 Å². The number of hydrogen-bond acceptors (Lipinski definition) is 6. The van der Waals surface area contributed by atoms with Crippen LogP contribution in [0.15, 0.2) is 0 Å². The molecule has 0 amide bonds. The van der Waals surface area contributed by atoms with Crippen LogP contribution in [0.4, 0.5) is 0 Å². The van der Waals surface area contributed by atoms with Crippen molar-refractivity contribution < 1.29 is 24.8 Å². The molecule has 1 saturated heterocycles. The summed E-state index contributed by atoms with van der Waals surface area (Å²) in [4.78, 5) is 0. The van der Waals surface area contributed by atoms with E-state index in [2.05, 4.69) is 5.32 Å². The number of ether oxygens (including phenoxy) is 2. The Labute approximate surface area is 114 Å². The number of nitrogens with one attached hydrogen (secondary N) is 1. The molecule has 2 unspecified atom stereocenters. The maximum Gasteiger partial charge on any atom is 0.0897 e. The van der Waals surface area contributed by atoms with Crippen LogP contribution in [0.5, 0.6) is 0 Å². The van der Waals surface area contributed by atoms with Crippen LogP contribution in [0, 0.1) is 0 Å². The lowest BCUT2D eigenvalue weighted by atomic mass is 9.98. The van der Waals surface area contributed by atoms with E-state index in [9.17, 15) is 15.3 Å². The van der Waals surface area contributed by atoms with Gasteiger partial charge in [0, 0.05) is 13.2 Å². The van der Waals surface area contributed by atoms with Crippen molar-refractivity contribution in [3.05, 3.63) is 0 Å². The monoisotopic (exact) mass is 277 g/mol. The summed E-state index contributed by atoms with van der Waals surface area (Å²) < 4.78 is 10.8. The molecule has 0 saturated carbocycles.